The van der Waals surface area contributed by atoms with Gasteiger partial charge in [-0.2, -0.15) is 0 Å². The molecule has 2 aromatic heterocycles. The number of anilines is 1. The molecular weight excluding hydrogens is 500 g/mol. The maximum absolute atomic E-state index is 6.73. The van der Waals surface area contributed by atoms with E-state index >= 15 is 0 Å². The fraction of sp³-hybridized carbons (Fsp3) is 0.552. The monoisotopic (exact) mass is 536 g/mol. The molecule has 2 aliphatic heterocycles. The molecule has 6 rings (SSSR count). The molecule has 2 saturated heterocycles. The second kappa shape index (κ2) is 10.1. The predicted molar refractivity (Wildman–Crippen MR) is 150 cm³/mol. The lowest BCUT2D eigenvalue weighted by Crippen LogP contribution is -2.58. The molecule has 1 aromatic carbocycles. The molecule has 4 heterocycles. The van der Waals surface area contributed by atoms with Crippen LogP contribution in [0.2, 0.25) is 5.02 Å². The van der Waals surface area contributed by atoms with E-state index in [4.69, 9.17) is 30.8 Å². The molecular formula is C29H37ClN6O2. The van der Waals surface area contributed by atoms with E-state index in [9.17, 15) is 0 Å². The molecule has 8 nitrogen and oxygen atoms in total. The van der Waals surface area contributed by atoms with Crippen LogP contribution in [-0.4, -0.2) is 72.4 Å². The largest absolute Gasteiger partial charge is 0.494 e. The summed E-state index contributed by atoms with van der Waals surface area (Å²) in [6.45, 7) is 12.0. The molecule has 3 fully saturated rings. The first kappa shape index (κ1) is 25.6. The number of nitrogens with one attached hydrogen (secondary N) is 1. The summed E-state index contributed by atoms with van der Waals surface area (Å²) >= 11 is 6.73. The fourth-order valence-corrected chi connectivity index (χ4v) is 6.30. The summed E-state index contributed by atoms with van der Waals surface area (Å²) in [5.74, 6) is 3.08. The molecule has 1 spiro atoms. The Morgan fingerprint density at radius 3 is 2.68 bits per heavy atom. The SMILES string of the molecule is CNCCCOc1ccc(Cl)c(-c2nc(-c3c(C)noc3C)c(C)c(N3CC4(CCN(C5CC5)C4)C3)n2)c1. The van der Waals surface area contributed by atoms with Gasteiger partial charge in [-0.1, -0.05) is 16.8 Å². The maximum atomic E-state index is 6.73. The minimum atomic E-state index is 0.377. The Hall–Kier alpha value is -2.68. The first-order valence-corrected chi connectivity index (χ1v) is 14.1. The van der Waals surface area contributed by atoms with E-state index < -0.39 is 0 Å². The molecule has 0 radical (unpaired) electrons. The Labute approximate surface area is 229 Å². The molecule has 1 N–H and O–H groups in total. The van der Waals surface area contributed by atoms with E-state index in [1.54, 1.807) is 0 Å². The van der Waals surface area contributed by atoms with Crippen LogP contribution in [-0.2, 0) is 0 Å². The predicted octanol–water partition coefficient (Wildman–Crippen LogP) is 5.04. The van der Waals surface area contributed by atoms with Gasteiger partial charge in [-0.3, -0.25) is 4.90 Å². The highest BCUT2D eigenvalue weighted by atomic mass is 35.5. The van der Waals surface area contributed by atoms with Crippen molar-refractivity contribution in [3.05, 3.63) is 40.2 Å². The van der Waals surface area contributed by atoms with Crippen molar-refractivity contribution >= 4 is 17.4 Å². The van der Waals surface area contributed by atoms with Crippen LogP contribution in [0.1, 0.15) is 42.7 Å². The van der Waals surface area contributed by atoms with Gasteiger partial charge in [0.15, 0.2) is 5.82 Å². The van der Waals surface area contributed by atoms with Crippen LogP contribution in [0.25, 0.3) is 22.6 Å². The van der Waals surface area contributed by atoms with E-state index in [2.05, 4.69) is 27.2 Å². The van der Waals surface area contributed by atoms with Gasteiger partial charge in [0, 0.05) is 42.2 Å². The minimum Gasteiger partial charge on any atom is -0.494 e. The Kier molecular flexibility index (Phi) is 6.82. The van der Waals surface area contributed by atoms with Gasteiger partial charge in [0.2, 0.25) is 0 Å². The van der Waals surface area contributed by atoms with Crippen molar-refractivity contribution in [2.45, 2.75) is 52.5 Å². The second-order valence-corrected chi connectivity index (χ2v) is 11.7. The molecule has 1 aliphatic carbocycles. The number of rotatable bonds is 9. The normalized spacial score (nSPS) is 18.8. The van der Waals surface area contributed by atoms with Gasteiger partial charge in [-0.15, -0.1) is 0 Å². The molecule has 9 heteroatoms. The lowest BCUT2D eigenvalue weighted by Gasteiger charge is -2.49. The molecule has 38 heavy (non-hydrogen) atoms. The van der Waals surface area contributed by atoms with Crippen molar-refractivity contribution in [3.63, 3.8) is 0 Å². The van der Waals surface area contributed by atoms with Crippen molar-refractivity contribution in [2.75, 3.05) is 51.3 Å². The van der Waals surface area contributed by atoms with Crippen molar-refractivity contribution < 1.29 is 9.26 Å². The van der Waals surface area contributed by atoms with Gasteiger partial charge in [-0.25, -0.2) is 9.97 Å². The summed E-state index contributed by atoms with van der Waals surface area (Å²) in [6, 6.07) is 6.55. The lowest BCUT2D eigenvalue weighted by molar-refractivity contribution is 0.200. The topological polar surface area (TPSA) is 79.5 Å². The Balaban J connectivity index is 1.35. The maximum Gasteiger partial charge on any atom is 0.163 e. The summed E-state index contributed by atoms with van der Waals surface area (Å²) in [6.07, 6.45) is 4.93. The highest BCUT2D eigenvalue weighted by Gasteiger charge is 2.51. The Bertz CT molecular complexity index is 1310. The summed E-state index contributed by atoms with van der Waals surface area (Å²) < 4.78 is 11.5. The molecule has 3 aromatic rings. The second-order valence-electron chi connectivity index (χ2n) is 11.3. The Morgan fingerprint density at radius 2 is 1.97 bits per heavy atom. The smallest absolute Gasteiger partial charge is 0.163 e. The third-order valence-electron chi connectivity index (χ3n) is 8.29. The van der Waals surface area contributed by atoms with E-state index in [-0.39, 0.29) is 0 Å². The van der Waals surface area contributed by atoms with Crippen LogP contribution in [0.4, 0.5) is 5.82 Å². The first-order chi connectivity index (χ1) is 18.4. The van der Waals surface area contributed by atoms with E-state index in [1.165, 1.54) is 32.4 Å². The van der Waals surface area contributed by atoms with Crippen LogP contribution in [0, 0.1) is 26.2 Å². The highest BCUT2D eigenvalue weighted by Crippen LogP contribution is 2.46. The standard InChI is InChI=1S/C29H37ClN6O2/c1-18-26(25-19(2)34-38-20(25)3)32-27(23-14-22(8-9-24(23)30)37-13-5-11-31-4)33-28(18)36-16-29(17-36)10-12-35(15-29)21-6-7-21/h8-9,14,21,31H,5-7,10-13,15-17H2,1-4H3. The van der Waals surface area contributed by atoms with Crippen LogP contribution < -0.4 is 15.0 Å². The van der Waals surface area contributed by atoms with E-state index in [1.807, 2.05) is 39.1 Å². The van der Waals surface area contributed by atoms with E-state index in [0.29, 0.717) is 22.9 Å². The van der Waals surface area contributed by atoms with Crippen molar-refractivity contribution in [3.8, 4) is 28.4 Å². The van der Waals surface area contributed by atoms with Gasteiger partial charge in [0.1, 0.15) is 17.3 Å². The van der Waals surface area contributed by atoms with Crippen LogP contribution in [0.5, 0.6) is 5.75 Å². The molecule has 202 valence electrons. The zero-order valence-electron chi connectivity index (χ0n) is 22.8. The number of hydrogen-bond donors (Lipinski definition) is 1. The Morgan fingerprint density at radius 1 is 1.16 bits per heavy atom. The lowest BCUT2D eigenvalue weighted by atomic mass is 9.79. The summed E-state index contributed by atoms with van der Waals surface area (Å²) in [5.41, 5.74) is 4.80. The van der Waals surface area contributed by atoms with Crippen molar-refractivity contribution in [1.82, 2.24) is 25.3 Å². The minimum absolute atomic E-state index is 0.377. The summed E-state index contributed by atoms with van der Waals surface area (Å²) in [7, 11) is 1.94. The first-order valence-electron chi connectivity index (χ1n) is 13.8. The van der Waals surface area contributed by atoms with Gasteiger partial charge < -0.3 is 19.5 Å². The molecule has 3 aliphatic rings. The van der Waals surface area contributed by atoms with E-state index in [0.717, 1.165) is 77.5 Å². The van der Waals surface area contributed by atoms with Gasteiger partial charge >= 0.3 is 0 Å². The third kappa shape index (κ3) is 4.78. The van der Waals surface area contributed by atoms with Gasteiger partial charge in [-0.05, 0) is 84.8 Å². The summed E-state index contributed by atoms with van der Waals surface area (Å²) in [5, 5.41) is 7.96. The molecule has 1 saturated carbocycles. The highest BCUT2D eigenvalue weighted by molar-refractivity contribution is 6.33. The average molecular weight is 537 g/mol. The van der Waals surface area contributed by atoms with Crippen molar-refractivity contribution in [1.29, 1.82) is 0 Å². The van der Waals surface area contributed by atoms with Gasteiger partial charge in [0.05, 0.1) is 28.6 Å². The quantitative estimate of drug-likeness (QED) is 0.381. The van der Waals surface area contributed by atoms with Crippen molar-refractivity contribution in [2.24, 2.45) is 5.41 Å². The summed E-state index contributed by atoms with van der Waals surface area (Å²) in [4.78, 5) is 15.3. The number of nitrogens with zero attached hydrogens (tertiary/aromatic N) is 5. The number of ether oxygens (including phenoxy) is 1. The zero-order chi connectivity index (χ0) is 26.4. The third-order valence-corrected chi connectivity index (χ3v) is 8.62. The number of likely N-dealkylation sites (tertiary alicyclic amines) is 1. The fourth-order valence-electron chi connectivity index (χ4n) is 6.09. The number of benzene rings is 1. The average Bonchev–Trinajstić information content (AvgIpc) is 3.55. The number of aryl methyl sites for hydroxylation is 2. The van der Waals surface area contributed by atoms with Crippen LogP contribution >= 0.6 is 11.6 Å². The molecule has 0 bridgehead atoms. The van der Waals surface area contributed by atoms with Crippen LogP contribution in [0.15, 0.2) is 22.7 Å². The molecule has 0 unspecified atom stereocenters. The van der Waals surface area contributed by atoms with Gasteiger partial charge in [0.25, 0.3) is 0 Å². The number of aromatic nitrogens is 3. The molecule has 0 atom stereocenters. The number of hydrogen-bond acceptors (Lipinski definition) is 8. The molecule has 0 amide bonds. The number of halogens is 1. The van der Waals surface area contributed by atoms with Crippen LogP contribution in [0.3, 0.4) is 0 Å². The zero-order valence-corrected chi connectivity index (χ0v) is 23.6.